The van der Waals surface area contributed by atoms with Crippen molar-refractivity contribution in [3.8, 4) is 0 Å². The molecule has 0 spiro atoms. The molecular weight excluding hydrogens is 162 g/mol. The fourth-order valence-corrected chi connectivity index (χ4v) is 1.54. The largest absolute Gasteiger partial charge is 0.480 e. The maximum atomic E-state index is 10.5. The lowest BCUT2D eigenvalue weighted by atomic mass is 10.2. The van der Waals surface area contributed by atoms with E-state index in [9.17, 15) is 9.59 Å². The fourth-order valence-electron chi connectivity index (χ4n) is 1.54. The molecule has 12 heavy (non-hydrogen) atoms. The van der Waals surface area contributed by atoms with Crippen LogP contribution in [0.5, 0.6) is 0 Å². The number of hydrogen-bond donors (Lipinski definition) is 2. The highest BCUT2D eigenvalue weighted by Crippen LogP contribution is 2.22. The van der Waals surface area contributed by atoms with E-state index in [0.717, 1.165) is 0 Å². The van der Waals surface area contributed by atoms with Gasteiger partial charge in [-0.05, 0) is 19.9 Å². The van der Waals surface area contributed by atoms with Crippen LogP contribution >= 0.6 is 0 Å². The molecule has 1 aliphatic heterocycles. The average molecular weight is 173 g/mol. The van der Waals surface area contributed by atoms with E-state index in [-0.39, 0.29) is 0 Å². The van der Waals surface area contributed by atoms with Crippen LogP contribution in [0.15, 0.2) is 0 Å². The first-order valence-corrected chi connectivity index (χ1v) is 3.71. The quantitative estimate of drug-likeness (QED) is 0.595. The van der Waals surface area contributed by atoms with E-state index in [4.69, 9.17) is 10.2 Å². The van der Waals surface area contributed by atoms with Crippen molar-refractivity contribution < 1.29 is 19.8 Å². The first-order valence-electron chi connectivity index (χ1n) is 3.71. The minimum absolute atomic E-state index is 0.419. The van der Waals surface area contributed by atoms with Gasteiger partial charge in [0.1, 0.15) is 12.1 Å². The van der Waals surface area contributed by atoms with Gasteiger partial charge < -0.3 is 10.2 Å². The zero-order valence-corrected chi connectivity index (χ0v) is 6.73. The number of likely N-dealkylation sites (N-methyl/N-ethyl adjacent to an activating group) is 1. The van der Waals surface area contributed by atoms with Gasteiger partial charge in [-0.15, -0.1) is 0 Å². The standard InChI is InChI=1S/C7H11NO4/c1-8-4(6(9)10)2-3-5(8)7(11)12/h4-5H,2-3H2,1H3,(H,9,10)(H,11,12)/t4-,5-/m1/s1. The second-order valence-electron chi connectivity index (χ2n) is 2.95. The number of hydrogen-bond acceptors (Lipinski definition) is 3. The average Bonchev–Trinajstić information content (AvgIpc) is 2.30. The topological polar surface area (TPSA) is 77.8 Å². The van der Waals surface area contributed by atoms with Crippen LogP contribution in [0.2, 0.25) is 0 Å². The summed E-state index contributed by atoms with van der Waals surface area (Å²) in [6.07, 6.45) is 0.839. The van der Waals surface area contributed by atoms with Gasteiger partial charge in [0.25, 0.3) is 0 Å². The number of carboxylic acid groups (broad SMARTS) is 2. The summed E-state index contributed by atoms with van der Waals surface area (Å²) in [4.78, 5) is 22.5. The Balaban J connectivity index is 2.67. The smallest absolute Gasteiger partial charge is 0.320 e. The minimum atomic E-state index is -0.943. The molecule has 68 valence electrons. The first kappa shape index (κ1) is 8.99. The van der Waals surface area contributed by atoms with E-state index < -0.39 is 24.0 Å². The van der Waals surface area contributed by atoms with Gasteiger partial charge in [0, 0.05) is 0 Å². The van der Waals surface area contributed by atoms with Crippen LogP contribution in [0, 0.1) is 0 Å². The molecule has 1 fully saturated rings. The zero-order valence-electron chi connectivity index (χ0n) is 6.73. The van der Waals surface area contributed by atoms with Crippen LogP contribution in [0.3, 0.4) is 0 Å². The number of carboxylic acids is 2. The van der Waals surface area contributed by atoms with E-state index in [1.165, 1.54) is 11.9 Å². The van der Waals surface area contributed by atoms with Crippen molar-refractivity contribution in [1.82, 2.24) is 4.90 Å². The van der Waals surface area contributed by atoms with Crippen LogP contribution in [0.1, 0.15) is 12.8 Å². The van der Waals surface area contributed by atoms with Crippen LogP contribution in [-0.4, -0.2) is 46.2 Å². The molecule has 1 aliphatic rings. The van der Waals surface area contributed by atoms with Gasteiger partial charge in [-0.3, -0.25) is 14.5 Å². The van der Waals surface area contributed by atoms with Crippen LogP contribution in [-0.2, 0) is 9.59 Å². The molecule has 1 heterocycles. The third kappa shape index (κ3) is 1.40. The molecule has 0 aromatic carbocycles. The number of nitrogens with zero attached hydrogens (tertiary/aromatic N) is 1. The van der Waals surface area contributed by atoms with Crippen molar-refractivity contribution in [2.45, 2.75) is 24.9 Å². The SMILES string of the molecule is CN1[C@@H](C(=O)O)CC[C@@H]1C(=O)O. The summed E-state index contributed by atoms with van der Waals surface area (Å²) in [5.41, 5.74) is 0. The van der Waals surface area contributed by atoms with Crippen LogP contribution in [0.4, 0.5) is 0 Å². The molecule has 0 unspecified atom stereocenters. The van der Waals surface area contributed by atoms with E-state index in [1.54, 1.807) is 0 Å². The number of rotatable bonds is 2. The Kier molecular flexibility index (Phi) is 2.32. The summed E-state index contributed by atoms with van der Waals surface area (Å²) in [6.45, 7) is 0. The highest BCUT2D eigenvalue weighted by molar-refractivity contribution is 5.79. The highest BCUT2D eigenvalue weighted by Gasteiger charge is 2.38. The summed E-state index contributed by atoms with van der Waals surface area (Å²) in [7, 11) is 1.53. The molecule has 0 aromatic rings. The fraction of sp³-hybridized carbons (Fsp3) is 0.714. The Morgan fingerprint density at radius 1 is 1.17 bits per heavy atom. The molecule has 5 nitrogen and oxygen atoms in total. The van der Waals surface area contributed by atoms with Gasteiger partial charge in [-0.25, -0.2) is 0 Å². The molecule has 2 atom stereocenters. The van der Waals surface area contributed by atoms with Crippen LogP contribution in [0.25, 0.3) is 0 Å². The highest BCUT2D eigenvalue weighted by atomic mass is 16.4. The second-order valence-corrected chi connectivity index (χ2v) is 2.95. The Morgan fingerprint density at radius 3 is 1.67 bits per heavy atom. The van der Waals surface area contributed by atoms with Crippen molar-refractivity contribution in [1.29, 1.82) is 0 Å². The van der Waals surface area contributed by atoms with Gasteiger partial charge in [-0.2, -0.15) is 0 Å². The molecule has 2 N–H and O–H groups in total. The van der Waals surface area contributed by atoms with Gasteiger partial charge in [-0.1, -0.05) is 0 Å². The van der Waals surface area contributed by atoms with Crippen molar-refractivity contribution in [3.05, 3.63) is 0 Å². The first-order chi connectivity index (χ1) is 5.54. The summed E-state index contributed by atoms with van der Waals surface area (Å²) in [6, 6.07) is -1.27. The Hall–Kier alpha value is -1.10. The molecule has 0 radical (unpaired) electrons. The third-order valence-corrected chi connectivity index (χ3v) is 2.27. The van der Waals surface area contributed by atoms with Gasteiger partial charge in [0.2, 0.25) is 0 Å². The van der Waals surface area contributed by atoms with Crippen molar-refractivity contribution in [2.24, 2.45) is 0 Å². The molecule has 0 saturated carbocycles. The van der Waals surface area contributed by atoms with Gasteiger partial charge >= 0.3 is 11.9 Å². The molecule has 0 bridgehead atoms. The number of aliphatic carboxylic acids is 2. The van der Waals surface area contributed by atoms with Crippen LogP contribution < -0.4 is 0 Å². The molecule has 0 aliphatic carbocycles. The molecule has 0 amide bonds. The monoisotopic (exact) mass is 173 g/mol. The normalized spacial score (nSPS) is 30.4. The van der Waals surface area contributed by atoms with E-state index in [2.05, 4.69) is 0 Å². The van der Waals surface area contributed by atoms with Crippen molar-refractivity contribution >= 4 is 11.9 Å². The number of likely N-dealkylation sites (tertiary alicyclic amines) is 1. The Morgan fingerprint density at radius 2 is 1.50 bits per heavy atom. The Labute approximate surface area is 69.6 Å². The van der Waals surface area contributed by atoms with E-state index in [1.807, 2.05) is 0 Å². The molecule has 5 heteroatoms. The zero-order chi connectivity index (χ0) is 9.30. The predicted molar refractivity (Wildman–Crippen MR) is 39.8 cm³/mol. The lowest BCUT2D eigenvalue weighted by molar-refractivity contribution is -0.145. The van der Waals surface area contributed by atoms with Crippen molar-refractivity contribution in [3.63, 3.8) is 0 Å². The van der Waals surface area contributed by atoms with E-state index >= 15 is 0 Å². The third-order valence-electron chi connectivity index (χ3n) is 2.27. The predicted octanol–water partition coefficient (Wildman–Crippen LogP) is -0.382. The Bertz CT molecular complexity index is 193. The molecular formula is C7H11NO4. The summed E-state index contributed by atoms with van der Waals surface area (Å²) < 4.78 is 0. The second kappa shape index (κ2) is 3.10. The molecule has 0 aromatic heterocycles. The molecule has 1 rings (SSSR count). The minimum Gasteiger partial charge on any atom is -0.480 e. The lowest BCUT2D eigenvalue weighted by Crippen LogP contribution is -2.41. The maximum absolute atomic E-state index is 10.5. The molecule has 1 saturated heterocycles. The van der Waals surface area contributed by atoms with Gasteiger partial charge in [0.05, 0.1) is 0 Å². The van der Waals surface area contributed by atoms with Gasteiger partial charge in [0.15, 0.2) is 0 Å². The van der Waals surface area contributed by atoms with Crippen molar-refractivity contribution in [2.75, 3.05) is 7.05 Å². The summed E-state index contributed by atoms with van der Waals surface area (Å²) >= 11 is 0. The maximum Gasteiger partial charge on any atom is 0.320 e. The lowest BCUT2D eigenvalue weighted by Gasteiger charge is -2.19. The summed E-state index contributed by atoms with van der Waals surface area (Å²) in [5.74, 6) is -1.89. The summed E-state index contributed by atoms with van der Waals surface area (Å²) in [5, 5.41) is 17.3. The number of carbonyl (C=O) groups is 2. The van der Waals surface area contributed by atoms with E-state index in [0.29, 0.717) is 12.8 Å².